The van der Waals surface area contributed by atoms with E-state index in [-0.39, 0.29) is 29.3 Å². The fraction of sp³-hybridized carbons (Fsp3) is 0.438. The van der Waals surface area contributed by atoms with E-state index in [9.17, 15) is 15.0 Å². The van der Waals surface area contributed by atoms with Crippen molar-refractivity contribution >= 4 is 23.0 Å². The normalized spacial score (nSPS) is 33.2. The number of likely N-dealkylation sites (N-methyl/N-ethyl adjacent to an activating group) is 1. The molecule has 2 saturated heterocycles. The van der Waals surface area contributed by atoms with Gasteiger partial charge >= 0.3 is 6.09 Å². The number of ether oxygens (including phenoxy) is 2. The van der Waals surface area contributed by atoms with Crippen molar-refractivity contribution in [2.75, 3.05) is 31.3 Å². The predicted molar refractivity (Wildman–Crippen MR) is 90.0 cm³/mol. The first-order chi connectivity index (χ1) is 11.8. The number of carbonyl (C=O) groups excluding carboxylic acids is 1. The number of fused-ring (bicyclic) bond motifs is 5. The third-order valence-corrected chi connectivity index (χ3v) is 5.65. The van der Waals surface area contributed by atoms with Gasteiger partial charge in [-0.25, -0.2) is 4.79 Å². The van der Waals surface area contributed by atoms with Gasteiger partial charge in [0.15, 0.2) is 5.72 Å². The second-order valence-corrected chi connectivity index (χ2v) is 6.62. The Morgan fingerprint density at radius 3 is 2.68 bits per heavy atom. The van der Waals surface area contributed by atoms with Crippen LogP contribution in [0.5, 0.6) is 11.5 Å². The van der Waals surface area contributed by atoms with Gasteiger partial charge in [0, 0.05) is 25.3 Å². The molecule has 0 bridgehead atoms. The number of anilines is 2. The Hall–Kier alpha value is -2.65. The summed E-state index contributed by atoms with van der Waals surface area (Å²) in [6.07, 6.45) is 0.189. The Balaban J connectivity index is 2.02. The van der Waals surface area contributed by atoms with E-state index in [0.29, 0.717) is 28.9 Å². The quantitative estimate of drug-likeness (QED) is 0.197. The molecule has 3 heterocycles. The largest absolute Gasteiger partial charge is 0.505 e. The van der Waals surface area contributed by atoms with Crippen LogP contribution in [0.1, 0.15) is 11.1 Å². The monoisotopic (exact) mass is 348 g/mol. The molecule has 1 aromatic carbocycles. The van der Waals surface area contributed by atoms with Gasteiger partial charge in [-0.15, -0.1) is 0 Å². The first-order valence-corrected chi connectivity index (χ1v) is 7.83. The van der Waals surface area contributed by atoms with Gasteiger partial charge in [-0.1, -0.05) is 0 Å². The fourth-order valence-electron chi connectivity index (χ4n) is 4.36. The second kappa shape index (κ2) is 4.70. The van der Waals surface area contributed by atoms with E-state index < -0.39 is 11.8 Å². The summed E-state index contributed by atoms with van der Waals surface area (Å²) in [5.74, 6) is -0.214. The van der Waals surface area contributed by atoms with Crippen molar-refractivity contribution in [2.24, 2.45) is 5.73 Å². The first-order valence-electron chi connectivity index (χ1n) is 7.83. The number of amides is 1. The number of carbonyl (C=O) groups is 1. The van der Waals surface area contributed by atoms with Crippen LogP contribution in [0, 0.1) is 6.92 Å². The molecule has 1 aromatic rings. The molecule has 2 fully saturated rings. The molecule has 4 rings (SSSR count). The van der Waals surface area contributed by atoms with Gasteiger partial charge < -0.3 is 36.1 Å². The number of aromatic hydroxyl groups is 2. The van der Waals surface area contributed by atoms with Gasteiger partial charge in [0.25, 0.3) is 0 Å². The zero-order chi connectivity index (χ0) is 18.3. The lowest BCUT2D eigenvalue weighted by Crippen LogP contribution is -2.50. The zero-order valence-electron chi connectivity index (χ0n) is 14.1. The Kier molecular flexibility index (Phi) is 2.98. The average molecular weight is 348 g/mol. The van der Waals surface area contributed by atoms with Crippen LogP contribution in [-0.2, 0) is 9.47 Å². The lowest BCUT2D eigenvalue weighted by molar-refractivity contribution is 0.0380. The van der Waals surface area contributed by atoms with Crippen molar-refractivity contribution in [3.8, 4) is 11.5 Å². The van der Waals surface area contributed by atoms with Crippen LogP contribution in [0.2, 0.25) is 0 Å². The molecule has 1 amide bonds. The molecular weight excluding hydrogens is 328 g/mol. The summed E-state index contributed by atoms with van der Waals surface area (Å²) in [4.78, 5) is 15.1. The van der Waals surface area contributed by atoms with E-state index in [2.05, 4.69) is 4.90 Å². The van der Waals surface area contributed by atoms with Crippen molar-refractivity contribution in [2.45, 2.75) is 24.7 Å². The summed E-state index contributed by atoms with van der Waals surface area (Å²) in [5.41, 5.74) is 11.6. The highest BCUT2D eigenvalue weighted by molar-refractivity contribution is 6.00. The van der Waals surface area contributed by atoms with Crippen LogP contribution in [0.3, 0.4) is 0 Å². The van der Waals surface area contributed by atoms with Crippen LogP contribution >= 0.6 is 0 Å². The first kappa shape index (κ1) is 15.9. The number of phenols is 2. The Morgan fingerprint density at radius 1 is 1.40 bits per heavy atom. The Labute approximate surface area is 144 Å². The molecule has 6 N–H and O–H groups in total. The van der Waals surface area contributed by atoms with Crippen molar-refractivity contribution in [1.29, 1.82) is 0 Å². The van der Waals surface area contributed by atoms with Gasteiger partial charge in [-0.3, -0.25) is 4.90 Å². The average Bonchev–Trinajstić information content (AvgIpc) is 2.96. The molecular formula is C16H20N4O5. The third-order valence-electron chi connectivity index (χ3n) is 5.65. The number of methoxy groups -OCH3 is 1. The number of nitrogens with two attached hydrogens (primary N) is 2. The van der Waals surface area contributed by atoms with E-state index in [1.165, 1.54) is 13.4 Å². The number of nitrogen functional groups attached to an aromatic ring is 1. The predicted octanol–water partition coefficient (Wildman–Crippen LogP) is 0.284. The van der Waals surface area contributed by atoms with Crippen molar-refractivity contribution < 1.29 is 24.5 Å². The highest BCUT2D eigenvalue weighted by atomic mass is 16.5. The van der Waals surface area contributed by atoms with Crippen LogP contribution in [0.15, 0.2) is 6.26 Å². The summed E-state index contributed by atoms with van der Waals surface area (Å²) in [6.45, 7) is 2.22. The SMILES string of the molecule is COC12C(=COC(N)=O)c3c(O)c(N)c(C)c(O)c3N1CC1C2N1C. The molecule has 9 nitrogen and oxygen atoms in total. The fourth-order valence-corrected chi connectivity index (χ4v) is 4.36. The van der Waals surface area contributed by atoms with Gasteiger partial charge in [0.05, 0.1) is 28.6 Å². The van der Waals surface area contributed by atoms with Gasteiger partial charge in [-0.2, -0.15) is 0 Å². The summed E-state index contributed by atoms with van der Waals surface area (Å²) in [7, 11) is 3.50. The molecule has 3 aliphatic heterocycles. The van der Waals surface area contributed by atoms with Gasteiger partial charge in [-0.05, 0) is 14.0 Å². The maximum atomic E-state index is 11.1. The number of hydrogen-bond acceptors (Lipinski definition) is 8. The minimum atomic E-state index is -1.01. The van der Waals surface area contributed by atoms with E-state index in [4.69, 9.17) is 20.9 Å². The molecule has 25 heavy (non-hydrogen) atoms. The molecule has 4 unspecified atom stereocenters. The number of nitrogens with zero attached hydrogens (tertiary/aromatic N) is 2. The lowest BCUT2D eigenvalue weighted by atomic mass is 9.94. The lowest BCUT2D eigenvalue weighted by Gasteiger charge is -2.36. The second-order valence-electron chi connectivity index (χ2n) is 6.62. The number of hydrogen-bond donors (Lipinski definition) is 4. The Morgan fingerprint density at radius 2 is 2.08 bits per heavy atom. The molecule has 0 saturated carbocycles. The number of primary amides is 1. The molecule has 134 valence electrons. The van der Waals surface area contributed by atoms with Crippen molar-refractivity contribution in [3.05, 3.63) is 17.4 Å². The highest BCUT2D eigenvalue weighted by Gasteiger charge is 2.72. The van der Waals surface area contributed by atoms with E-state index >= 15 is 0 Å². The van der Waals surface area contributed by atoms with Gasteiger partial charge in [0.2, 0.25) is 0 Å². The summed E-state index contributed by atoms with van der Waals surface area (Å²) in [6, 6.07) is 0.206. The number of benzene rings is 1. The third kappa shape index (κ3) is 1.66. The van der Waals surface area contributed by atoms with E-state index in [1.54, 1.807) is 6.92 Å². The molecule has 0 spiro atoms. The zero-order valence-corrected chi connectivity index (χ0v) is 14.1. The highest BCUT2D eigenvalue weighted by Crippen LogP contribution is 2.65. The molecule has 9 heteroatoms. The number of rotatable bonds is 2. The minimum absolute atomic E-state index is 0.0204. The smallest absolute Gasteiger partial charge is 0.409 e. The van der Waals surface area contributed by atoms with Crippen molar-refractivity contribution in [3.63, 3.8) is 0 Å². The molecule has 4 atom stereocenters. The van der Waals surface area contributed by atoms with E-state index in [1.807, 2.05) is 11.9 Å². The number of phenolic OH excluding ortho intramolecular Hbond substituents is 2. The summed E-state index contributed by atoms with van der Waals surface area (Å²) < 4.78 is 10.8. The summed E-state index contributed by atoms with van der Waals surface area (Å²) in [5, 5.41) is 21.3. The topological polar surface area (TPSA) is 134 Å². The number of piperazine rings is 1. The standard InChI is InChI=1S/C16H20N4O5/c1-6-10(17)13(22)9-7(5-25-15(18)23)16(24-3)14-8(19(14)2)4-20(16)11(9)12(6)21/h5,8,14,21-22H,4,17H2,1-3H3,(H2,18,23). The molecule has 0 aliphatic carbocycles. The van der Waals surface area contributed by atoms with Crippen molar-refractivity contribution in [1.82, 2.24) is 4.90 Å². The van der Waals surface area contributed by atoms with Crippen LogP contribution < -0.4 is 16.4 Å². The maximum Gasteiger partial charge on any atom is 0.409 e. The van der Waals surface area contributed by atoms with Crippen LogP contribution in [-0.4, -0.2) is 59.7 Å². The molecule has 0 radical (unpaired) electrons. The van der Waals surface area contributed by atoms with Gasteiger partial charge in [0.1, 0.15) is 17.8 Å². The van der Waals surface area contributed by atoms with E-state index in [0.717, 1.165) is 0 Å². The maximum absolute atomic E-state index is 11.1. The molecule has 3 aliphatic rings. The summed E-state index contributed by atoms with van der Waals surface area (Å²) >= 11 is 0. The minimum Gasteiger partial charge on any atom is -0.505 e. The van der Waals surface area contributed by atoms with Crippen LogP contribution in [0.25, 0.3) is 5.57 Å². The Bertz CT molecular complexity index is 839. The van der Waals surface area contributed by atoms with Crippen LogP contribution in [0.4, 0.5) is 16.2 Å². The molecule has 0 aromatic heterocycles.